The Morgan fingerprint density at radius 3 is 1.74 bits per heavy atom. The number of thiophene rings is 1. The molecule has 0 radical (unpaired) electrons. The summed E-state index contributed by atoms with van der Waals surface area (Å²) >= 11 is 4.55. The third kappa shape index (κ3) is 5.91. The molecule has 0 amide bonds. The first-order chi connectivity index (χ1) is 20.2. The van der Waals surface area contributed by atoms with E-state index in [0.717, 1.165) is 14.5 Å². The number of hydrogen-bond acceptors (Lipinski definition) is 11. The minimum absolute atomic E-state index is 0.0186. The molecule has 0 spiro atoms. The third-order valence-electron chi connectivity index (χ3n) is 8.56. The van der Waals surface area contributed by atoms with Crippen molar-refractivity contribution in [1.82, 2.24) is 9.97 Å². The number of benzene rings is 1. The highest BCUT2D eigenvalue weighted by Crippen LogP contribution is 2.44. The van der Waals surface area contributed by atoms with Gasteiger partial charge in [-0.1, -0.05) is 0 Å². The fraction of sp³-hybridized carbons (Fsp3) is 0.484. The van der Waals surface area contributed by atoms with Crippen LogP contribution in [0.25, 0.3) is 29.8 Å². The number of nitrogens with zero attached hydrogens (tertiary/aromatic N) is 2. The standard InChI is InChI=1S/C31H32N2O6S3/c1-15-14-24-27(40-15)33-29(41-24)28-32-25-22(38-30(36)20-8-4-18(5-9-20)16(2)34)12-13-23(26(25)42-28)39-31(37)21-10-6-19(7-11-21)17(3)35/h12-14,18-21H,4-11H2,1-3H3. The molecule has 3 aromatic heterocycles. The SMILES string of the molecule is CC(=O)C1CCC(C(=O)Oc2ccc(OC(=O)C3CCC(C(C)=O)CC3)c3sc(-c4nc5sc(C)cc5s4)nc23)CC1. The highest BCUT2D eigenvalue weighted by atomic mass is 32.1. The molecule has 42 heavy (non-hydrogen) atoms. The predicted molar refractivity (Wildman–Crippen MR) is 164 cm³/mol. The van der Waals surface area contributed by atoms with Gasteiger partial charge in [-0.05, 0) is 90.3 Å². The largest absolute Gasteiger partial charge is 0.425 e. The van der Waals surface area contributed by atoms with Crippen LogP contribution >= 0.6 is 34.0 Å². The van der Waals surface area contributed by atoms with Gasteiger partial charge in [0.1, 0.15) is 26.6 Å². The van der Waals surface area contributed by atoms with E-state index in [0.29, 0.717) is 78.1 Å². The Hall–Kier alpha value is -3.02. The zero-order chi connectivity index (χ0) is 29.5. The average molecular weight is 625 g/mol. The molecule has 0 N–H and O–H groups in total. The van der Waals surface area contributed by atoms with E-state index >= 15 is 0 Å². The summed E-state index contributed by atoms with van der Waals surface area (Å²) in [6.45, 7) is 5.27. The van der Waals surface area contributed by atoms with Gasteiger partial charge in [0.15, 0.2) is 21.5 Å². The van der Waals surface area contributed by atoms with Crippen molar-refractivity contribution < 1.29 is 28.7 Å². The summed E-state index contributed by atoms with van der Waals surface area (Å²) in [6, 6.07) is 5.42. The fourth-order valence-electron chi connectivity index (χ4n) is 6.01. The van der Waals surface area contributed by atoms with Gasteiger partial charge in [-0.3, -0.25) is 19.2 Å². The molecule has 0 bridgehead atoms. The number of esters is 2. The Kier molecular flexibility index (Phi) is 8.26. The third-order valence-corrected chi connectivity index (χ3v) is 11.8. The molecule has 2 aliphatic rings. The smallest absolute Gasteiger partial charge is 0.314 e. The van der Waals surface area contributed by atoms with Crippen LogP contribution in [0.2, 0.25) is 0 Å². The van der Waals surface area contributed by atoms with Crippen LogP contribution < -0.4 is 9.47 Å². The summed E-state index contributed by atoms with van der Waals surface area (Å²) in [7, 11) is 0. The van der Waals surface area contributed by atoms with Crippen LogP contribution in [-0.4, -0.2) is 33.5 Å². The molecule has 11 heteroatoms. The second-order valence-electron chi connectivity index (χ2n) is 11.5. The number of Topliss-reactive ketones (excluding diaryl/α,β-unsaturated/α-hetero) is 2. The first-order valence-corrected chi connectivity index (χ1v) is 16.9. The second-order valence-corrected chi connectivity index (χ2v) is 14.7. The number of ketones is 2. The molecular formula is C31H32N2O6S3. The maximum Gasteiger partial charge on any atom is 0.314 e. The first-order valence-electron chi connectivity index (χ1n) is 14.4. The molecule has 6 rings (SSSR count). The van der Waals surface area contributed by atoms with Crippen LogP contribution in [-0.2, 0) is 19.2 Å². The van der Waals surface area contributed by atoms with E-state index in [9.17, 15) is 19.2 Å². The van der Waals surface area contributed by atoms with Crippen molar-refractivity contribution in [3.63, 3.8) is 0 Å². The van der Waals surface area contributed by atoms with Crippen molar-refractivity contribution in [2.24, 2.45) is 23.7 Å². The van der Waals surface area contributed by atoms with Crippen LogP contribution in [0.3, 0.4) is 0 Å². The zero-order valence-electron chi connectivity index (χ0n) is 23.8. The Labute approximate surface area is 255 Å². The predicted octanol–water partition coefficient (Wildman–Crippen LogP) is 7.54. The highest BCUT2D eigenvalue weighted by Gasteiger charge is 2.32. The molecule has 8 nitrogen and oxygen atoms in total. The normalized spacial score (nSPS) is 22.7. The van der Waals surface area contributed by atoms with Crippen molar-refractivity contribution in [1.29, 1.82) is 0 Å². The minimum atomic E-state index is -0.329. The number of aromatic nitrogens is 2. The number of aryl methyl sites for hydroxylation is 1. The lowest BCUT2D eigenvalue weighted by atomic mass is 9.80. The monoisotopic (exact) mass is 624 g/mol. The Bertz CT molecular complexity index is 1570. The molecule has 2 fully saturated rings. The maximum absolute atomic E-state index is 13.2. The van der Waals surface area contributed by atoms with Gasteiger partial charge in [-0.25, -0.2) is 9.97 Å². The van der Waals surface area contributed by atoms with Crippen LogP contribution in [0.5, 0.6) is 11.5 Å². The topological polar surface area (TPSA) is 113 Å². The lowest BCUT2D eigenvalue weighted by Crippen LogP contribution is -2.28. The number of ether oxygens (including phenoxy) is 2. The molecule has 4 aromatic rings. The summed E-state index contributed by atoms with van der Waals surface area (Å²) in [4.78, 5) is 61.7. The molecule has 2 saturated carbocycles. The lowest BCUT2D eigenvalue weighted by Gasteiger charge is -2.25. The first kappa shape index (κ1) is 29.1. The Morgan fingerprint density at radius 1 is 0.690 bits per heavy atom. The van der Waals surface area contributed by atoms with Crippen LogP contribution in [0.1, 0.15) is 70.1 Å². The van der Waals surface area contributed by atoms with E-state index < -0.39 is 0 Å². The molecular weight excluding hydrogens is 593 g/mol. The van der Waals surface area contributed by atoms with E-state index in [2.05, 4.69) is 13.0 Å². The summed E-state index contributed by atoms with van der Waals surface area (Å²) in [5.74, 6) is -0.0908. The van der Waals surface area contributed by atoms with Crippen LogP contribution in [0.4, 0.5) is 0 Å². The Morgan fingerprint density at radius 2 is 1.19 bits per heavy atom. The van der Waals surface area contributed by atoms with Gasteiger partial charge in [0.25, 0.3) is 0 Å². The summed E-state index contributed by atoms with van der Waals surface area (Å²) in [5, 5.41) is 1.43. The van der Waals surface area contributed by atoms with Crippen molar-refractivity contribution in [2.75, 3.05) is 0 Å². The molecule has 0 saturated heterocycles. The van der Waals surface area contributed by atoms with Gasteiger partial charge < -0.3 is 9.47 Å². The quantitative estimate of drug-likeness (QED) is 0.153. The molecule has 0 aliphatic heterocycles. The van der Waals surface area contributed by atoms with Gasteiger partial charge in [0, 0.05) is 16.7 Å². The highest BCUT2D eigenvalue weighted by molar-refractivity contribution is 7.31. The summed E-state index contributed by atoms with van der Waals surface area (Å²) in [5.41, 5.74) is 0.459. The Balaban J connectivity index is 1.28. The lowest BCUT2D eigenvalue weighted by molar-refractivity contribution is -0.141. The van der Waals surface area contributed by atoms with Crippen molar-refractivity contribution >= 4 is 77.3 Å². The van der Waals surface area contributed by atoms with Crippen LogP contribution in [0, 0.1) is 30.6 Å². The van der Waals surface area contributed by atoms with E-state index in [1.54, 1.807) is 48.7 Å². The van der Waals surface area contributed by atoms with Gasteiger partial charge in [0.05, 0.1) is 16.5 Å². The fourth-order valence-corrected chi connectivity index (χ4v) is 9.18. The van der Waals surface area contributed by atoms with E-state index in [4.69, 9.17) is 19.4 Å². The second kappa shape index (κ2) is 11.9. The van der Waals surface area contributed by atoms with Crippen LogP contribution in [0.15, 0.2) is 18.2 Å². The van der Waals surface area contributed by atoms with Gasteiger partial charge in [0.2, 0.25) is 0 Å². The van der Waals surface area contributed by atoms with E-state index in [1.165, 1.54) is 16.2 Å². The maximum atomic E-state index is 13.2. The number of thiazole rings is 2. The average Bonchev–Trinajstić information content (AvgIpc) is 3.68. The zero-order valence-corrected chi connectivity index (χ0v) is 26.2. The molecule has 1 aromatic carbocycles. The number of rotatable bonds is 7. The van der Waals surface area contributed by atoms with Gasteiger partial charge in [-0.2, -0.15) is 0 Å². The molecule has 220 valence electrons. The molecule has 3 heterocycles. The molecule has 2 aliphatic carbocycles. The van der Waals surface area contributed by atoms with E-state index in [-0.39, 0.29) is 47.2 Å². The molecule has 0 unspecified atom stereocenters. The van der Waals surface area contributed by atoms with E-state index in [1.807, 2.05) is 0 Å². The number of hydrogen-bond donors (Lipinski definition) is 0. The number of carbonyl (C=O) groups excluding carboxylic acids is 4. The number of fused-ring (bicyclic) bond motifs is 2. The number of carbonyl (C=O) groups is 4. The summed E-state index contributed by atoms with van der Waals surface area (Å²) < 4.78 is 13.6. The van der Waals surface area contributed by atoms with Crippen molar-refractivity contribution in [3.05, 3.63) is 23.1 Å². The van der Waals surface area contributed by atoms with Crippen molar-refractivity contribution in [3.8, 4) is 21.5 Å². The van der Waals surface area contributed by atoms with Gasteiger partial charge in [-0.15, -0.1) is 34.0 Å². The van der Waals surface area contributed by atoms with Crippen molar-refractivity contribution in [2.45, 2.75) is 72.1 Å². The minimum Gasteiger partial charge on any atom is -0.425 e. The summed E-state index contributed by atoms with van der Waals surface area (Å²) in [6.07, 6.45) is 5.24. The van der Waals surface area contributed by atoms with Gasteiger partial charge >= 0.3 is 11.9 Å². The molecule has 0 atom stereocenters.